The Hall–Kier alpha value is -1.66. The van der Waals surface area contributed by atoms with Gasteiger partial charge in [-0.1, -0.05) is 0 Å². The standard InChI is InChI=1S/C14H23N3O3/c1-17(2)4-6-18-5-3-16-12-10-14-13(9-11(12)15)19-7-8-20-14/h9-10,16H,3-8,15H2,1-2H3. The number of hydrogen-bond donors (Lipinski definition) is 2. The largest absolute Gasteiger partial charge is 0.486 e. The maximum Gasteiger partial charge on any atom is 0.163 e. The minimum atomic E-state index is 0.568. The van der Waals surface area contributed by atoms with Crippen molar-refractivity contribution in [3.63, 3.8) is 0 Å². The number of fused-ring (bicyclic) bond motifs is 1. The van der Waals surface area contributed by atoms with Gasteiger partial charge >= 0.3 is 0 Å². The molecule has 1 aromatic rings. The number of nitrogens with one attached hydrogen (secondary N) is 1. The van der Waals surface area contributed by atoms with E-state index >= 15 is 0 Å². The van der Waals surface area contributed by atoms with E-state index in [1.807, 2.05) is 20.2 Å². The molecule has 0 fully saturated rings. The molecule has 0 saturated heterocycles. The summed E-state index contributed by atoms with van der Waals surface area (Å²) in [5.41, 5.74) is 7.49. The van der Waals surface area contributed by atoms with E-state index < -0.39 is 0 Å². The van der Waals surface area contributed by atoms with Crippen LogP contribution in [0, 0.1) is 0 Å². The van der Waals surface area contributed by atoms with E-state index in [1.54, 1.807) is 6.07 Å². The van der Waals surface area contributed by atoms with Gasteiger partial charge in [-0.05, 0) is 14.1 Å². The highest BCUT2D eigenvalue weighted by atomic mass is 16.6. The van der Waals surface area contributed by atoms with Crippen molar-refractivity contribution in [1.29, 1.82) is 0 Å². The normalized spacial score (nSPS) is 13.6. The Kier molecular flexibility index (Phi) is 5.31. The highest BCUT2D eigenvalue weighted by Crippen LogP contribution is 2.36. The molecule has 0 unspecified atom stereocenters. The quantitative estimate of drug-likeness (QED) is 0.575. The zero-order valence-corrected chi connectivity index (χ0v) is 12.1. The Bertz CT molecular complexity index is 438. The van der Waals surface area contributed by atoms with Gasteiger partial charge in [0.05, 0.1) is 24.6 Å². The summed E-state index contributed by atoms with van der Waals surface area (Å²) in [6, 6.07) is 3.67. The Morgan fingerprint density at radius 1 is 1.20 bits per heavy atom. The second kappa shape index (κ2) is 7.21. The number of likely N-dealkylation sites (N-methyl/N-ethyl adjacent to an activating group) is 1. The number of nitrogens with zero attached hydrogens (tertiary/aromatic N) is 1. The Balaban J connectivity index is 1.78. The summed E-state index contributed by atoms with van der Waals surface area (Å²) in [5, 5.41) is 3.25. The fourth-order valence-electron chi connectivity index (χ4n) is 1.86. The van der Waals surface area contributed by atoms with E-state index in [1.165, 1.54) is 0 Å². The molecule has 1 aliphatic heterocycles. The highest BCUT2D eigenvalue weighted by Gasteiger charge is 2.14. The van der Waals surface area contributed by atoms with Gasteiger partial charge in [0.2, 0.25) is 0 Å². The molecule has 0 spiro atoms. The number of hydrogen-bond acceptors (Lipinski definition) is 6. The average molecular weight is 281 g/mol. The molecule has 0 aliphatic carbocycles. The molecule has 6 heteroatoms. The van der Waals surface area contributed by atoms with Gasteiger partial charge in [-0.3, -0.25) is 0 Å². The van der Waals surface area contributed by atoms with Crippen LogP contribution < -0.4 is 20.5 Å². The third-order valence-electron chi connectivity index (χ3n) is 2.96. The van der Waals surface area contributed by atoms with Crippen LogP contribution >= 0.6 is 0 Å². The lowest BCUT2D eigenvalue weighted by Crippen LogP contribution is -2.20. The Morgan fingerprint density at radius 3 is 2.60 bits per heavy atom. The lowest BCUT2D eigenvalue weighted by atomic mass is 10.2. The zero-order valence-electron chi connectivity index (χ0n) is 12.1. The third kappa shape index (κ3) is 4.18. The van der Waals surface area contributed by atoms with Gasteiger partial charge in [-0.25, -0.2) is 0 Å². The summed E-state index contributed by atoms with van der Waals surface area (Å²) in [4.78, 5) is 2.09. The molecular formula is C14H23N3O3. The van der Waals surface area contributed by atoms with Gasteiger partial charge in [0.15, 0.2) is 11.5 Å². The van der Waals surface area contributed by atoms with Gasteiger partial charge in [0.25, 0.3) is 0 Å². The van der Waals surface area contributed by atoms with Crippen molar-refractivity contribution in [1.82, 2.24) is 4.90 Å². The number of nitrogens with two attached hydrogens (primary N) is 1. The molecule has 0 saturated carbocycles. The summed E-state index contributed by atoms with van der Waals surface area (Å²) >= 11 is 0. The first-order valence-electron chi connectivity index (χ1n) is 6.82. The first-order chi connectivity index (χ1) is 9.66. The van der Waals surface area contributed by atoms with E-state index in [-0.39, 0.29) is 0 Å². The van der Waals surface area contributed by atoms with Crippen LogP contribution in [0.2, 0.25) is 0 Å². The van der Waals surface area contributed by atoms with E-state index in [2.05, 4.69) is 10.2 Å². The Labute approximate surface area is 119 Å². The molecule has 1 aromatic carbocycles. The van der Waals surface area contributed by atoms with Crippen LogP contribution in [0.3, 0.4) is 0 Å². The molecule has 1 aliphatic rings. The lowest BCUT2D eigenvalue weighted by molar-refractivity contribution is 0.126. The summed E-state index contributed by atoms with van der Waals surface area (Å²) in [6.45, 7) is 4.14. The number of nitrogen functional groups attached to an aromatic ring is 1. The molecule has 0 amide bonds. The van der Waals surface area contributed by atoms with Crippen molar-refractivity contribution >= 4 is 11.4 Å². The monoisotopic (exact) mass is 281 g/mol. The van der Waals surface area contributed by atoms with Crippen molar-refractivity contribution in [3.8, 4) is 11.5 Å². The van der Waals surface area contributed by atoms with E-state index in [0.29, 0.717) is 37.8 Å². The molecule has 0 atom stereocenters. The van der Waals surface area contributed by atoms with Crippen LogP contribution in [-0.2, 0) is 4.74 Å². The minimum absolute atomic E-state index is 0.568. The van der Waals surface area contributed by atoms with Gasteiger partial charge in [0, 0.05) is 25.2 Å². The Morgan fingerprint density at radius 2 is 1.90 bits per heavy atom. The van der Waals surface area contributed by atoms with Crippen LogP contribution in [0.1, 0.15) is 0 Å². The molecular weight excluding hydrogens is 258 g/mol. The van der Waals surface area contributed by atoms with E-state index in [9.17, 15) is 0 Å². The van der Waals surface area contributed by atoms with E-state index in [0.717, 1.165) is 24.6 Å². The van der Waals surface area contributed by atoms with Gasteiger partial charge < -0.3 is 30.2 Å². The topological polar surface area (TPSA) is 69.0 Å². The van der Waals surface area contributed by atoms with Crippen LogP contribution in [0.5, 0.6) is 11.5 Å². The van der Waals surface area contributed by atoms with Crippen molar-refractivity contribution in [2.45, 2.75) is 0 Å². The van der Waals surface area contributed by atoms with Gasteiger partial charge in [-0.15, -0.1) is 0 Å². The first-order valence-corrected chi connectivity index (χ1v) is 6.82. The van der Waals surface area contributed by atoms with Crippen LogP contribution in [0.25, 0.3) is 0 Å². The van der Waals surface area contributed by atoms with Crippen LogP contribution in [0.4, 0.5) is 11.4 Å². The maximum absolute atomic E-state index is 5.98. The fraction of sp³-hybridized carbons (Fsp3) is 0.571. The first kappa shape index (κ1) is 14.7. The molecule has 1 heterocycles. The lowest BCUT2D eigenvalue weighted by Gasteiger charge is -2.20. The molecule has 20 heavy (non-hydrogen) atoms. The van der Waals surface area contributed by atoms with Crippen molar-refractivity contribution in [2.75, 3.05) is 64.7 Å². The smallest absolute Gasteiger partial charge is 0.163 e. The fourth-order valence-corrected chi connectivity index (χ4v) is 1.86. The number of ether oxygens (including phenoxy) is 3. The van der Waals surface area contributed by atoms with Crippen molar-refractivity contribution < 1.29 is 14.2 Å². The maximum atomic E-state index is 5.98. The SMILES string of the molecule is CN(C)CCOCCNc1cc2c(cc1N)OCCO2. The van der Waals surface area contributed by atoms with Crippen molar-refractivity contribution in [2.24, 2.45) is 0 Å². The number of rotatable bonds is 7. The molecule has 3 N–H and O–H groups in total. The summed E-state index contributed by atoms with van der Waals surface area (Å²) < 4.78 is 16.5. The van der Waals surface area contributed by atoms with Crippen molar-refractivity contribution in [3.05, 3.63) is 12.1 Å². The molecule has 0 radical (unpaired) electrons. The second-order valence-electron chi connectivity index (χ2n) is 4.93. The summed E-state index contributed by atoms with van der Waals surface area (Å²) in [7, 11) is 4.05. The summed E-state index contributed by atoms with van der Waals surface area (Å²) in [6.07, 6.45) is 0. The van der Waals surface area contributed by atoms with E-state index in [4.69, 9.17) is 19.9 Å². The third-order valence-corrected chi connectivity index (χ3v) is 2.96. The summed E-state index contributed by atoms with van der Waals surface area (Å²) in [5.74, 6) is 1.45. The zero-order chi connectivity index (χ0) is 14.4. The minimum Gasteiger partial charge on any atom is -0.486 e. The average Bonchev–Trinajstić information content (AvgIpc) is 2.42. The molecule has 2 rings (SSSR count). The predicted molar refractivity (Wildman–Crippen MR) is 79.7 cm³/mol. The molecule has 0 aromatic heterocycles. The van der Waals surface area contributed by atoms with Crippen LogP contribution in [-0.4, -0.2) is 58.5 Å². The van der Waals surface area contributed by atoms with Crippen LogP contribution in [0.15, 0.2) is 12.1 Å². The highest BCUT2D eigenvalue weighted by molar-refractivity contribution is 5.72. The molecule has 0 bridgehead atoms. The molecule has 6 nitrogen and oxygen atoms in total. The van der Waals surface area contributed by atoms with Gasteiger partial charge in [-0.2, -0.15) is 0 Å². The predicted octanol–water partition coefficient (Wildman–Crippen LogP) is 1.03. The molecule has 112 valence electrons. The second-order valence-corrected chi connectivity index (χ2v) is 4.93. The number of benzene rings is 1. The van der Waals surface area contributed by atoms with Gasteiger partial charge in [0.1, 0.15) is 13.2 Å². The number of anilines is 2.